The highest BCUT2D eigenvalue weighted by Gasteiger charge is 2.28. The van der Waals surface area contributed by atoms with Gasteiger partial charge in [-0.15, -0.1) is 0 Å². The van der Waals surface area contributed by atoms with Crippen molar-refractivity contribution in [3.63, 3.8) is 0 Å². The molecule has 4 rings (SSSR count). The van der Waals surface area contributed by atoms with Crippen molar-refractivity contribution < 1.29 is 18.8 Å². The van der Waals surface area contributed by atoms with Gasteiger partial charge in [-0.1, -0.05) is 17.3 Å². The quantitative estimate of drug-likeness (QED) is 0.596. The summed E-state index contributed by atoms with van der Waals surface area (Å²) in [6.45, 7) is 1.25. The molecule has 1 atom stereocenters. The number of amides is 1. The van der Waals surface area contributed by atoms with Crippen molar-refractivity contribution in [2.24, 2.45) is 5.92 Å². The molecular weight excluding hydrogens is 390 g/mol. The predicted octanol–water partition coefficient (Wildman–Crippen LogP) is 3.68. The number of methoxy groups -OCH3 is 1. The number of hydrogen-bond donors (Lipinski definition) is 0. The van der Waals surface area contributed by atoms with Crippen LogP contribution in [0, 0.1) is 5.92 Å². The molecule has 29 heavy (non-hydrogen) atoms. The summed E-state index contributed by atoms with van der Waals surface area (Å²) in [7, 11) is 1.31. The van der Waals surface area contributed by atoms with Crippen LogP contribution in [0.4, 0.5) is 0 Å². The van der Waals surface area contributed by atoms with Crippen LogP contribution in [0.2, 0.25) is 0 Å². The van der Waals surface area contributed by atoms with Gasteiger partial charge in [0.25, 0.3) is 5.91 Å². The van der Waals surface area contributed by atoms with Gasteiger partial charge in [-0.3, -0.25) is 4.79 Å². The van der Waals surface area contributed by atoms with Crippen molar-refractivity contribution in [2.75, 3.05) is 20.2 Å². The second-order valence-corrected chi connectivity index (χ2v) is 7.80. The Kier molecular flexibility index (Phi) is 5.71. The molecule has 0 N–H and O–H groups in total. The number of esters is 1. The highest BCUT2D eigenvalue weighted by atomic mass is 32.1. The van der Waals surface area contributed by atoms with Gasteiger partial charge in [0.1, 0.15) is 0 Å². The maximum absolute atomic E-state index is 13.1. The Morgan fingerprint density at radius 2 is 2.10 bits per heavy atom. The lowest BCUT2D eigenvalue weighted by Gasteiger charge is -2.32. The third-order valence-corrected chi connectivity index (χ3v) is 5.76. The summed E-state index contributed by atoms with van der Waals surface area (Å²) in [4.78, 5) is 31.4. The van der Waals surface area contributed by atoms with E-state index in [4.69, 9.17) is 9.26 Å². The van der Waals surface area contributed by atoms with Crippen LogP contribution in [0.3, 0.4) is 0 Å². The minimum atomic E-state index is -0.505. The smallest absolute Gasteiger partial charge is 0.338 e. The summed E-state index contributed by atoms with van der Waals surface area (Å²) >= 11 is 1.59. The third-order valence-electron chi connectivity index (χ3n) is 5.08. The molecule has 0 saturated carbocycles. The molecule has 1 aliphatic heterocycles. The third kappa shape index (κ3) is 4.22. The zero-order valence-corrected chi connectivity index (χ0v) is 16.9. The van der Waals surface area contributed by atoms with Crippen molar-refractivity contribution in [3.8, 4) is 11.4 Å². The molecule has 0 unspecified atom stereocenters. The van der Waals surface area contributed by atoms with Crippen LogP contribution in [0.1, 0.15) is 39.4 Å². The van der Waals surface area contributed by atoms with E-state index >= 15 is 0 Å². The van der Waals surface area contributed by atoms with E-state index in [9.17, 15) is 9.59 Å². The summed E-state index contributed by atoms with van der Waals surface area (Å²) in [5.74, 6) is 0.751. The minimum absolute atomic E-state index is 0.153. The maximum Gasteiger partial charge on any atom is 0.338 e. The molecular formula is C21H21N3O4S. The molecule has 2 aromatic heterocycles. The molecule has 1 saturated heterocycles. The average Bonchev–Trinajstić information content (AvgIpc) is 3.45. The zero-order valence-electron chi connectivity index (χ0n) is 16.0. The number of nitrogens with zero attached hydrogens (tertiary/aromatic N) is 3. The monoisotopic (exact) mass is 411 g/mol. The highest BCUT2D eigenvalue weighted by Crippen LogP contribution is 2.25. The summed E-state index contributed by atoms with van der Waals surface area (Å²) in [5, 5.41) is 8.01. The predicted molar refractivity (Wildman–Crippen MR) is 108 cm³/mol. The SMILES string of the molecule is COC(=O)c1ccccc1C(=O)N1CCC[C@@H](Cc2nc(-c3ccsc3)no2)C1. The summed E-state index contributed by atoms with van der Waals surface area (Å²) < 4.78 is 10.2. The van der Waals surface area contributed by atoms with Gasteiger partial charge in [0.15, 0.2) is 0 Å². The van der Waals surface area contributed by atoms with E-state index in [-0.39, 0.29) is 11.8 Å². The number of carbonyl (C=O) groups is 2. The molecule has 1 aliphatic rings. The molecule has 0 spiro atoms. The number of likely N-dealkylation sites (tertiary alicyclic amines) is 1. The lowest BCUT2D eigenvalue weighted by Crippen LogP contribution is -2.41. The molecule has 0 bridgehead atoms. The Morgan fingerprint density at radius 3 is 2.86 bits per heavy atom. The molecule has 1 amide bonds. The first kappa shape index (κ1) is 19.3. The van der Waals surface area contributed by atoms with Crippen molar-refractivity contribution in [3.05, 3.63) is 58.1 Å². The Morgan fingerprint density at radius 1 is 1.28 bits per heavy atom. The van der Waals surface area contributed by atoms with Gasteiger partial charge in [0.2, 0.25) is 11.7 Å². The lowest BCUT2D eigenvalue weighted by atomic mass is 9.94. The van der Waals surface area contributed by atoms with Gasteiger partial charge in [0.05, 0.1) is 18.2 Å². The second kappa shape index (κ2) is 8.57. The topological polar surface area (TPSA) is 85.5 Å². The molecule has 1 fully saturated rings. The first-order chi connectivity index (χ1) is 14.2. The Balaban J connectivity index is 1.45. The normalized spacial score (nSPS) is 16.6. The molecule has 150 valence electrons. The van der Waals surface area contributed by atoms with Gasteiger partial charge in [-0.25, -0.2) is 4.79 Å². The van der Waals surface area contributed by atoms with Crippen LogP contribution in [0.5, 0.6) is 0 Å². The van der Waals surface area contributed by atoms with E-state index in [2.05, 4.69) is 10.1 Å². The van der Waals surface area contributed by atoms with Crippen molar-refractivity contribution >= 4 is 23.2 Å². The van der Waals surface area contributed by atoms with E-state index in [1.807, 2.05) is 16.8 Å². The van der Waals surface area contributed by atoms with E-state index in [1.54, 1.807) is 40.5 Å². The van der Waals surface area contributed by atoms with Gasteiger partial charge in [-0.2, -0.15) is 16.3 Å². The highest BCUT2D eigenvalue weighted by molar-refractivity contribution is 7.08. The standard InChI is InChI=1S/C21H21N3O4S/c1-27-21(26)17-7-3-2-6-16(17)20(25)24-9-4-5-14(12-24)11-18-22-19(23-28-18)15-8-10-29-13-15/h2-3,6-8,10,13-14H,4-5,9,11-12H2,1H3/t14-/m0/s1. The number of rotatable bonds is 5. The number of aromatic nitrogens is 2. The van der Waals surface area contributed by atoms with Crippen molar-refractivity contribution in [1.82, 2.24) is 15.0 Å². The summed E-state index contributed by atoms with van der Waals surface area (Å²) in [6.07, 6.45) is 2.50. The number of benzene rings is 1. The van der Waals surface area contributed by atoms with Crippen molar-refractivity contribution in [1.29, 1.82) is 0 Å². The average molecular weight is 411 g/mol. The van der Waals surface area contributed by atoms with Crippen LogP contribution in [0.25, 0.3) is 11.4 Å². The van der Waals surface area contributed by atoms with E-state index in [0.717, 1.165) is 18.4 Å². The van der Waals surface area contributed by atoms with Crippen LogP contribution < -0.4 is 0 Å². The van der Waals surface area contributed by atoms with Crippen LogP contribution in [0.15, 0.2) is 45.6 Å². The first-order valence-electron chi connectivity index (χ1n) is 9.47. The van der Waals surface area contributed by atoms with Crippen LogP contribution >= 0.6 is 11.3 Å². The van der Waals surface area contributed by atoms with Gasteiger partial charge < -0.3 is 14.2 Å². The van der Waals surface area contributed by atoms with Gasteiger partial charge in [-0.05, 0) is 42.3 Å². The lowest BCUT2D eigenvalue weighted by molar-refractivity contribution is 0.0581. The fourth-order valence-corrected chi connectivity index (χ4v) is 4.27. The minimum Gasteiger partial charge on any atom is -0.465 e. The van der Waals surface area contributed by atoms with E-state index < -0.39 is 5.97 Å². The number of carbonyl (C=O) groups excluding carboxylic acids is 2. The van der Waals surface area contributed by atoms with Crippen LogP contribution in [-0.2, 0) is 11.2 Å². The van der Waals surface area contributed by atoms with Crippen LogP contribution in [-0.4, -0.2) is 47.1 Å². The molecule has 3 heterocycles. The fourth-order valence-electron chi connectivity index (χ4n) is 3.64. The summed E-state index contributed by atoms with van der Waals surface area (Å²) in [6, 6.07) is 8.72. The molecule has 7 nitrogen and oxygen atoms in total. The molecule has 0 radical (unpaired) electrons. The zero-order chi connectivity index (χ0) is 20.2. The van der Waals surface area contributed by atoms with E-state index in [1.165, 1.54) is 7.11 Å². The second-order valence-electron chi connectivity index (χ2n) is 7.02. The molecule has 1 aromatic carbocycles. The molecule has 8 heteroatoms. The van der Waals surface area contributed by atoms with Gasteiger partial charge in [0, 0.05) is 30.5 Å². The summed E-state index contributed by atoms with van der Waals surface area (Å²) in [5.41, 5.74) is 1.61. The number of thiophene rings is 1. The van der Waals surface area contributed by atoms with Gasteiger partial charge >= 0.3 is 5.97 Å². The Bertz CT molecular complexity index is 999. The van der Waals surface area contributed by atoms with E-state index in [0.29, 0.717) is 42.4 Å². The number of ether oxygens (including phenoxy) is 1. The van der Waals surface area contributed by atoms with Crippen molar-refractivity contribution in [2.45, 2.75) is 19.3 Å². The number of piperidine rings is 1. The Labute approximate surface area is 172 Å². The Hall–Kier alpha value is -3.00. The molecule has 3 aromatic rings. The maximum atomic E-state index is 13.1. The first-order valence-corrected chi connectivity index (χ1v) is 10.4. The molecule has 0 aliphatic carbocycles. The largest absolute Gasteiger partial charge is 0.465 e. The number of hydrogen-bond acceptors (Lipinski definition) is 7. The fraction of sp³-hybridized carbons (Fsp3) is 0.333.